The molecule has 59 heavy (non-hydrogen) atoms. The van der Waals surface area contributed by atoms with E-state index in [0.717, 1.165) is 124 Å². The molecule has 0 aliphatic rings. The van der Waals surface area contributed by atoms with Gasteiger partial charge in [0.25, 0.3) is 0 Å². The average Bonchev–Trinajstić information content (AvgIpc) is 3.59. The van der Waals surface area contributed by atoms with Crippen molar-refractivity contribution >= 4 is 104 Å². The summed E-state index contributed by atoms with van der Waals surface area (Å²) in [4.78, 5) is 0. The Morgan fingerprint density at radius 2 is 0.983 bits per heavy atom. The van der Waals surface area contributed by atoms with Crippen LogP contribution in [0.5, 0.6) is 0 Å². The molecule has 2 heterocycles. The van der Waals surface area contributed by atoms with Gasteiger partial charge in [0.05, 0.1) is 13.2 Å². The molecule has 1 N–H and O–H groups in total. The fourth-order valence-electron chi connectivity index (χ4n) is 8.26. The largest absolute Gasteiger partial charge is 0.421 e. The highest BCUT2D eigenvalue weighted by Gasteiger charge is 2.20. The van der Waals surface area contributed by atoms with Crippen LogP contribution in [-0.4, -0.2) is 26.2 Å². The number of ether oxygens (including phenoxy) is 1. The Bertz CT molecular complexity index is 3210. The monoisotopic (exact) mass is 818 g/mol. The zero-order valence-electron chi connectivity index (χ0n) is 33.9. The summed E-state index contributed by atoms with van der Waals surface area (Å²) in [5, 5.41) is 16.3. The molecular formula is C50H48N2O5P2. The standard InChI is InChI=1S/C46H37NO5P2.C4H11N/c1-3-47(4-2)54-51-40-24-22-30-14-6-10-18-36(30)42(40)44-38-20-12-8-16-32(38)26-34(46(44)52-54)28-48-27-33-25-31-15-7-11-19-37(31)43-41-35-17-9-5-13-29(35)21-23-39(41)49-53-50-45(33)43;1-3-5-4-2/h5-26,53H,3-4,27-28H2,1-2H3;5H,3-4H2,1-2H3. The minimum Gasteiger partial charge on any atom is -0.421 e. The van der Waals surface area contributed by atoms with E-state index in [0.29, 0.717) is 13.2 Å². The highest BCUT2D eigenvalue weighted by molar-refractivity contribution is 7.39. The second-order valence-electron chi connectivity index (χ2n) is 14.5. The van der Waals surface area contributed by atoms with Crippen LogP contribution in [0.3, 0.4) is 0 Å². The normalized spacial score (nSPS) is 12.2. The molecule has 0 aliphatic carbocycles. The highest BCUT2D eigenvalue weighted by atomic mass is 31.1. The van der Waals surface area contributed by atoms with Gasteiger partial charge in [-0.05, 0) is 80.4 Å². The lowest BCUT2D eigenvalue weighted by atomic mass is 9.96. The van der Waals surface area contributed by atoms with E-state index in [9.17, 15) is 0 Å². The number of nitrogens with zero attached hydrogens (tertiary/aromatic N) is 1. The van der Waals surface area contributed by atoms with Gasteiger partial charge in [-0.15, -0.1) is 0 Å². The fraction of sp³-hybridized carbons (Fsp3) is 0.200. The number of hydrogen-bond acceptors (Lipinski definition) is 7. The van der Waals surface area contributed by atoms with E-state index in [1.54, 1.807) is 0 Å². The smallest absolute Gasteiger partial charge is 0.309 e. The van der Waals surface area contributed by atoms with Crippen molar-refractivity contribution in [2.24, 2.45) is 0 Å². The van der Waals surface area contributed by atoms with E-state index >= 15 is 0 Å². The van der Waals surface area contributed by atoms with Gasteiger partial charge in [0.15, 0.2) is 0 Å². The van der Waals surface area contributed by atoms with E-state index in [4.69, 9.17) is 21.5 Å². The second kappa shape index (κ2) is 17.4. The van der Waals surface area contributed by atoms with Gasteiger partial charge < -0.3 is 26.8 Å². The van der Waals surface area contributed by atoms with E-state index < -0.39 is 8.16 Å². The van der Waals surface area contributed by atoms with Crippen LogP contribution in [0.4, 0.5) is 0 Å². The van der Waals surface area contributed by atoms with Crippen LogP contribution in [0.15, 0.2) is 150 Å². The molecule has 298 valence electrons. The predicted octanol–water partition coefficient (Wildman–Crippen LogP) is 14.9. The third-order valence-corrected chi connectivity index (χ3v) is 13.4. The summed E-state index contributed by atoms with van der Waals surface area (Å²) in [6, 6.07) is 46.9. The molecule has 8 aromatic carbocycles. The zero-order valence-corrected chi connectivity index (χ0v) is 35.8. The summed E-state index contributed by atoms with van der Waals surface area (Å²) in [7, 11) is -1.63. The Labute approximate surface area is 345 Å². The molecule has 0 aliphatic heterocycles. The number of rotatable bonds is 9. The van der Waals surface area contributed by atoms with E-state index in [1.165, 1.54) is 0 Å². The minimum absolute atomic E-state index is 0.186. The molecule has 2 unspecified atom stereocenters. The number of benzene rings is 8. The number of nitrogens with one attached hydrogen (secondary N) is 1. The SMILES string of the molecule is CCN(CC)p1oc2ccc3ccccc3c2c2c(o1)c(COCc1cc3ccccc3c3c1o[pH]oc1ccc4ccccc4c13)cc1ccccc12.CCNCC. The number of hydrogen-bond donors (Lipinski definition) is 1. The Morgan fingerprint density at radius 1 is 0.508 bits per heavy atom. The molecular weight excluding hydrogens is 771 g/mol. The summed E-state index contributed by atoms with van der Waals surface area (Å²) < 4.78 is 35.7. The molecule has 0 spiro atoms. The first-order chi connectivity index (χ1) is 29.1. The van der Waals surface area contributed by atoms with Gasteiger partial charge >= 0.3 is 8.16 Å². The quantitative estimate of drug-likeness (QED) is 0.155. The van der Waals surface area contributed by atoms with Crippen molar-refractivity contribution in [3.63, 3.8) is 0 Å². The molecule has 0 bridgehead atoms. The van der Waals surface area contributed by atoms with E-state index in [2.05, 4.69) is 171 Å². The molecule has 0 radical (unpaired) electrons. The summed E-state index contributed by atoms with van der Waals surface area (Å²) in [5.41, 5.74) is 5.21. The lowest BCUT2D eigenvalue weighted by Crippen LogP contribution is -2.17. The summed E-state index contributed by atoms with van der Waals surface area (Å²) in [5.74, 6) is 0. The molecule has 0 amide bonds. The lowest BCUT2D eigenvalue weighted by Gasteiger charge is -2.14. The van der Waals surface area contributed by atoms with Crippen LogP contribution in [0.1, 0.15) is 38.8 Å². The van der Waals surface area contributed by atoms with Crippen LogP contribution >= 0.6 is 16.8 Å². The maximum Gasteiger partial charge on any atom is 0.309 e. The first kappa shape index (κ1) is 39.0. The molecule has 2 atom stereocenters. The van der Waals surface area contributed by atoms with Crippen molar-refractivity contribution in [1.29, 1.82) is 0 Å². The van der Waals surface area contributed by atoms with Crippen LogP contribution in [0.2, 0.25) is 0 Å². The van der Waals surface area contributed by atoms with Crippen molar-refractivity contribution in [1.82, 2.24) is 5.32 Å². The van der Waals surface area contributed by atoms with Crippen LogP contribution in [-0.2, 0) is 18.0 Å². The third-order valence-electron chi connectivity index (χ3n) is 11.1. The van der Waals surface area contributed by atoms with Crippen molar-refractivity contribution in [2.45, 2.75) is 40.9 Å². The van der Waals surface area contributed by atoms with Gasteiger partial charge in [0, 0.05) is 45.8 Å². The fourth-order valence-corrected chi connectivity index (χ4v) is 10.3. The maximum atomic E-state index is 7.07. The van der Waals surface area contributed by atoms with Gasteiger partial charge in [0.1, 0.15) is 22.3 Å². The van der Waals surface area contributed by atoms with Crippen molar-refractivity contribution in [2.75, 3.05) is 30.8 Å². The van der Waals surface area contributed by atoms with Crippen LogP contribution in [0, 0.1) is 0 Å². The zero-order chi connectivity index (χ0) is 40.3. The Morgan fingerprint density at radius 3 is 1.53 bits per heavy atom. The molecule has 9 heteroatoms. The summed E-state index contributed by atoms with van der Waals surface area (Å²) >= 11 is 0. The molecule has 10 aromatic rings. The van der Waals surface area contributed by atoms with Gasteiger partial charge in [-0.1, -0.05) is 137 Å². The maximum absolute atomic E-state index is 7.07. The average molecular weight is 819 g/mol. The van der Waals surface area contributed by atoms with Gasteiger partial charge in [-0.25, -0.2) is 4.67 Å². The topological polar surface area (TPSA) is 77.1 Å². The number of fused-ring (bicyclic) bond motifs is 14. The van der Waals surface area contributed by atoms with Crippen molar-refractivity contribution in [3.05, 3.63) is 145 Å². The van der Waals surface area contributed by atoms with Crippen molar-refractivity contribution in [3.8, 4) is 0 Å². The Hall–Kier alpha value is -5.52. The second-order valence-corrected chi connectivity index (χ2v) is 16.5. The Balaban J connectivity index is 0.000000849. The summed E-state index contributed by atoms with van der Waals surface area (Å²) in [6.45, 7) is 13.0. The molecule has 0 fully saturated rings. The molecule has 0 saturated carbocycles. The predicted molar refractivity (Wildman–Crippen MR) is 251 cm³/mol. The van der Waals surface area contributed by atoms with Crippen LogP contribution < -0.4 is 9.99 Å². The van der Waals surface area contributed by atoms with Crippen LogP contribution in [0.25, 0.3) is 87.0 Å². The minimum atomic E-state index is -1.45. The first-order valence-electron chi connectivity index (χ1n) is 20.5. The lowest BCUT2D eigenvalue weighted by molar-refractivity contribution is 0.108. The Kier molecular flexibility index (Phi) is 11.5. The van der Waals surface area contributed by atoms with Gasteiger partial charge in [-0.2, -0.15) is 0 Å². The van der Waals surface area contributed by atoms with E-state index in [1.807, 2.05) is 0 Å². The van der Waals surface area contributed by atoms with E-state index in [-0.39, 0.29) is 8.67 Å². The van der Waals surface area contributed by atoms with Gasteiger partial charge in [0.2, 0.25) is 8.67 Å². The molecule has 7 nitrogen and oxygen atoms in total. The molecule has 10 rings (SSSR count). The first-order valence-corrected chi connectivity index (χ1v) is 22.5. The molecule has 0 saturated heterocycles. The third kappa shape index (κ3) is 7.39. The molecule has 2 aromatic heterocycles. The highest BCUT2D eigenvalue weighted by Crippen LogP contribution is 2.44. The van der Waals surface area contributed by atoms with Gasteiger partial charge in [-0.3, -0.25) is 0 Å². The summed E-state index contributed by atoms with van der Waals surface area (Å²) in [6.07, 6.45) is 0. The van der Waals surface area contributed by atoms with Crippen molar-refractivity contribution < 1.29 is 21.5 Å².